The zero-order valence-corrected chi connectivity index (χ0v) is 11.6. The van der Waals surface area contributed by atoms with Crippen LogP contribution in [0.3, 0.4) is 0 Å². The highest BCUT2D eigenvalue weighted by atomic mass is 35.5. The number of alkyl halides is 2. The van der Waals surface area contributed by atoms with Crippen LogP contribution in [-0.2, 0) is 0 Å². The first-order valence-corrected chi connectivity index (χ1v) is 7.15. The van der Waals surface area contributed by atoms with Crippen molar-refractivity contribution in [1.29, 1.82) is 0 Å². The fourth-order valence-electron chi connectivity index (χ4n) is 2.14. The molecule has 0 saturated heterocycles. The van der Waals surface area contributed by atoms with Crippen molar-refractivity contribution in [3.05, 3.63) is 5.38 Å². The zero-order valence-electron chi connectivity index (χ0n) is 9.37. The van der Waals surface area contributed by atoms with Gasteiger partial charge in [0.2, 0.25) is 0 Å². The van der Waals surface area contributed by atoms with E-state index in [9.17, 15) is 0 Å². The second kappa shape index (κ2) is 6.57. The summed E-state index contributed by atoms with van der Waals surface area (Å²) in [4.78, 5) is -0.319. The SMILES string of the molecule is CCCCC(Cl)[C](Cl)C1(Cl)CCCCC1. The standard InChI is InChI=1S/C12H20Cl3/c1-2-3-7-10(13)11(14)12(15)8-5-4-6-9-12/h10H,2-9H2,1H3. The summed E-state index contributed by atoms with van der Waals surface area (Å²) in [5.74, 6) is 0. The molecule has 1 unspecified atom stereocenters. The van der Waals surface area contributed by atoms with Crippen LogP contribution in [0, 0.1) is 5.38 Å². The monoisotopic (exact) mass is 269 g/mol. The third-order valence-electron chi connectivity index (χ3n) is 3.16. The Morgan fingerprint density at radius 1 is 1.27 bits per heavy atom. The lowest BCUT2D eigenvalue weighted by molar-refractivity contribution is 0.406. The van der Waals surface area contributed by atoms with E-state index in [4.69, 9.17) is 34.8 Å². The second-order valence-electron chi connectivity index (χ2n) is 4.48. The molecule has 15 heavy (non-hydrogen) atoms. The summed E-state index contributed by atoms with van der Waals surface area (Å²) in [6.45, 7) is 2.16. The summed E-state index contributed by atoms with van der Waals surface area (Å²) >= 11 is 19.2. The van der Waals surface area contributed by atoms with Crippen LogP contribution in [0.4, 0.5) is 0 Å². The number of hydrogen-bond acceptors (Lipinski definition) is 0. The van der Waals surface area contributed by atoms with Gasteiger partial charge in [-0.25, -0.2) is 0 Å². The quantitative estimate of drug-likeness (QED) is 0.579. The van der Waals surface area contributed by atoms with Crippen molar-refractivity contribution in [2.24, 2.45) is 0 Å². The molecule has 0 amide bonds. The smallest absolute Gasteiger partial charge is 0.102 e. The molecule has 0 aromatic rings. The van der Waals surface area contributed by atoms with Crippen molar-refractivity contribution in [2.45, 2.75) is 68.5 Å². The zero-order chi connectivity index (χ0) is 11.3. The van der Waals surface area contributed by atoms with Gasteiger partial charge in [0.1, 0.15) is 5.38 Å². The number of hydrogen-bond donors (Lipinski definition) is 0. The van der Waals surface area contributed by atoms with Crippen molar-refractivity contribution in [1.82, 2.24) is 0 Å². The van der Waals surface area contributed by atoms with E-state index < -0.39 is 0 Å². The summed E-state index contributed by atoms with van der Waals surface area (Å²) in [7, 11) is 0. The van der Waals surface area contributed by atoms with Crippen molar-refractivity contribution in [2.75, 3.05) is 0 Å². The van der Waals surface area contributed by atoms with E-state index in [0.717, 1.165) is 37.5 Å². The first-order chi connectivity index (χ1) is 7.10. The van der Waals surface area contributed by atoms with Crippen LogP contribution in [0.1, 0.15) is 58.3 Å². The Kier molecular flexibility index (Phi) is 6.10. The highest BCUT2D eigenvalue weighted by Crippen LogP contribution is 2.47. The van der Waals surface area contributed by atoms with Crippen molar-refractivity contribution >= 4 is 34.8 Å². The highest BCUT2D eigenvalue weighted by molar-refractivity contribution is 6.41. The number of halogens is 3. The van der Waals surface area contributed by atoms with E-state index in [1.807, 2.05) is 0 Å². The first-order valence-electron chi connectivity index (χ1n) is 5.96. The molecule has 0 bridgehead atoms. The molecule has 89 valence electrons. The Balaban J connectivity index is 2.45. The highest BCUT2D eigenvalue weighted by Gasteiger charge is 2.41. The molecule has 0 aromatic heterocycles. The Morgan fingerprint density at radius 2 is 1.87 bits per heavy atom. The van der Waals surface area contributed by atoms with Crippen LogP contribution in [-0.4, -0.2) is 10.3 Å². The maximum absolute atomic E-state index is 6.55. The van der Waals surface area contributed by atoms with Crippen LogP contribution in [0.5, 0.6) is 0 Å². The predicted octanol–water partition coefficient (Wildman–Crippen LogP) is 5.50. The fourth-order valence-corrected chi connectivity index (χ4v) is 3.26. The molecule has 1 saturated carbocycles. The van der Waals surface area contributed by atoms with Gasteiger partial charge in [-0.3, -0.25) is 0 Å². The molecular weight excluding hydrogens is 250 g/mol. The maximum Gasteiger partial charge on any atom is 0.102 e. The van der Waals surface area contributed by atoms with Gasteiger partial charge in [0.15, 0.2) is 0 Å². The molecule has 0 N–H and O–H groups in total. The molecule has 0 aromatic carbocycles. The van der Waals surface area contributed by atoms with Gasteiger partial charge in [-0.2, -0.15) is 0 Å². The van der Waals surface area contributed by atoms with Gasteiger partial charge in [-0.05, 0) is 19.3 Å². The van der Waals surface area contributed by atoms with Crippen LogP contribution >= 0.6 is 34.8 Å². The minimum Gasteiger partial charge on any atom is -0.121 e. The Labute approximate surface area is 109 Å². The molecule has 1 radical (unpaired) electrons. The summed E-state index contributed by atoms with van der Waals surface area (Å²) < 4.78 is 0. The largest absolute Gasteiger partial charge is 0.121 e. The van der Waals surface area contributed by atoms with Gasteiger partial charge in [-0.1, -0.05) is 39.0 Å². The molecule has 0 spiro atoms. The summed E-state index contributed by atoms with van der Waals surface area (Å²) in [5.41, 5.74) is 0. The van der Waals surface area contributed by atoms with E-state index in [2.05, 4.69) is 6.92 Å². The van der Waals surface area contributed by atoms with Gasteiger partial charge in [0.25, 0.3) is 0 Å². The molecule has 1 rings (SSSR count). The van der Waals surface area contributed by atoms with Crippen LogP contribution in [0.25, 0.3) is 0 Å². The molecule has 1 fully saturated rings. The van der Waals surface area contributed by atoms with E-state index >= 15 is 0 Å². The van der Waals surface area contributed by atoms with E-state index in [1.165, 1.54) is 19.3 Å². The minimum absolute atomic E-state index is 0.0535. The summed E-state index contributed by atoms with van der Waals surface area (Å²) in [5, 5.41) is 0.737. The van der Waals surface area contributed by atoms with Crippen molar-refractivity contribution in [3.63, 3.8) is 0 Å². The lowest BCUT2D eigenvalue weighted by Crippen LogP contribution is -2.34. The molecule has 1 aliphatic carbocycles. The second-order valence-corrected chi connectivity index (χ2v) is 6.14. The van der Waals surface area contributed by atoms with Gasteiger partial charge < -0.3 is 0 Å². The summed E-state index contributed by atoms with van der Waals surface area (Å²) in [6, 6.07) is 0. The van der Waals surface area contributed by atoms with E-state index in [1.54, 1.807) is 0 Å². The van der Waals surface area contributed by atoms with Gasteiger partial charge in [-0.15, -0.1) is 34.8 Å². The molecule has 1 aliphatic rings. The third-order valence-corrected chi connectivity index (χ3v) is 5.01. The molecule has 0 aliphatic heterocycles. The van der Waals surface area contributed by atoms with Crippen molar-refractivity contribution < 1.29 is 0 Å². The Morgan fingerprint density at radius 3 is 2.40 bits per heavy atom. The predicted molar refractivity (Wildman–Crippen MR) is 69.9 cm³/mol. The number of unbranched alkanes of at least 4 members (excludes halogenated alkanes) is 1. The molecule has 0 heterocycles. The molecular formula is C12H20Cl3. The van der Waals surface area contributed by atoms with E-state index in [-0.39, 0.29) is 10.3 Å². The van der Waals surface area contributed by atoms with E-state index in [0.29, 0.717) is 0 Å². The number of rotatable bonds is 5. The Bertz CT molecular complexity index is 176. The fraction of sp³-hybridized carbons (Fsp3) is 0.917. The maximum atomic E-state index is 6.55. The van der Waals surface area contributed by atoms with Gasteiger partial charge in [0.05, 0.1) is 10.3 Å². The van der Waals surface area contributed by atoms with Gasteiger partial charge >= 0.3 is 0 Å². The first kappa shape index (κ1) is 13.9. The Hall–Kier alpha value is 0.870. The topological polar surface area (TPSA) is 0 Å². The lowest BCUT2D eigenvalue weighted by atomic mass is 9.84. The molecule has 3 heteroatoms. The van der Waals surface area contributed by atoms with Gasteiger partial charge in [0, 0.05) is 0 Å². The molecule has 1 atom stereocenters. The third kappa shape index (κ3) is 3.98. The molecule has 0 nitrogen and oxygen atoms in total. The minimum atomic E-state index is -0.319. The normalized spacial score (nSPS) is 23.0. The van der Waals surface area contributed by atoms with Crippen LogP contribution in [0.2, 0.25) is 0 Å². The van der Waals surface area contributed by atoms with Crippen LogP contribution in [0.15, 0.2) is 0 Å². The lowest BCUT2D eigenvalue weighted by Gasteiger charge is -2.36. The summed E-state index contributed by atoms with van der Waals surface area (Å²) in [6.07, 6.45) is 8.84. The van der Waals surface area contributed by atoms with Crippen LogP contribution < -0.4 is 0 Å². The van der Waals surface area contributed by atoms with Crippen molar-refractivity contribution in [3.8, 4) is 0 Å². The average molecular weight is 271 g/mol. The average Bonchev–Trinajstić information content (AvgIpc) is 2.26.